The van der Waals surface area contributed by atoms with E-state index in [9.17, 15) is 9.59 Å². The largest absolute Gasteiger partial charge is 0.380 e. The molecule has 0 aromatic heterocycles. The lowest BCUT2D eigenvalue weighted by Gasteiger charge is -2.10. The molecule has 15 heavy (non-hydrogen) atoms. The van der Waals surface area contributed by atoms with E-state index in [0.29, 0.717) is 13.2 Å². The maximum absolute atomic E-state index is 11.4. The highest BCUT2D eigenvalue weighted by Crippen LogP contribution is 2.09. The molecule has 1 unspecified atom stereocenters. The third-order valence-corrected chi connectivity index (χ3v) is 2.37. The molecule has 0 aromatic rings. The maximum atomic E-state index is 11.4. The molecule has 1 fully saturated rings. The van der Waals surface area contributed by atoms with Gasteiger partial charge in [0.1, 0.15) is 0 Å². The van der Waals surface area contributed by atoms with Crippen LogP contribution < -0.4 is 5.32 Å². The van der Waals surface area contributed by atoms with Gasteiger partial charge >= 0.3 is 0 Å². The zero-order valence-corrected chi connectivity index (χ0v) is 9.28. The Labute approximate surface area is 89.8 Å². The minimum Gasteiger partial charge on any atom is -0.380 e. The average Bonchev–Trinajstić information content (AvgIpc) is 2.46. The van der Waals surface area contributed by atoms with Gasteiger partial charge in [0.25, 0.3) is 0 Å². The van der Waals surface area contributed by atoms with Gasteiger partial charge in [0, 0.05) is 20.2 Å². The predicted octanol–water partition coefficient (Wildman–Crippen LogP) is -0.240. The number of likely N-dealkylation sites (tertiary alicyclic amines) is 1. The van der Waals surface area contributed by atoms with E-state index in [-0.39, 0.29) is 24.3 Å². The Morgan fingerprint density at radius 2 is 2.20 bits per heavy atom. The van der Waals surface area contributed by atoms with Crippen LogP contribution in [0.5, 0.6) is 0 Å². The topological polar surface area (TPSA) is 58.6 Å². The number of imide groups is 1. The summed E-state index contributed by atoms with van der Waals surface area (Å²) in [5.41, 5.74) is 0. The van der Waals surface area contributed by atoms with E-state index < -0.39 is 0 Å². The van der Waals surface area contributed by atoms with E-state index in [1.54, 1.807) is 0 Å². The number of likely N-dealkylation sites (N-methyl/N-ethyl adjacent to an activating group) is 1. The first kappa shape index (κ1) is 12.1. The first-order valence-corrected chi connectivity index (χ1v) is 5.28. The Morgan fingerprint density at radius 1 is 1.47 bits per heavy atom. The Morgan fingerprint density at radius 3 is 2.73 bits per heavy atom. The van der Waals surface area contributed by atoms with Gasteiger partial charge in [-0.05, 0) is 6.42 Å². The van der Waals surface area contributed by atoms with E-state index in [2.05, 4.69) is 5.32 Å². The normalized spacial score (nSPS) is 21.5. The Kier molecular flexibility index (Phi) is 4.71. The van der Waals surface area contributed by atoms with Crippen molar-refractivity contribution in [3.8, 4) is 0 Å². The second kappa shape index (κ2) is 5.82. The molecule has 0 radical (unpaired) electrons. The second-order valence-electron chi connectivity index (χ2n) is 3.61. The van der Waals surface area contributed by atoms with Crippen LogP contribution in [-0.2, 0) is 14.3 Å². The molecule has 86 valence electrons. The molecular formula is C10H18N2O3. The smallest absolute Gasteiger partial charge is 0.246 e. The molecule has 1 heterocycles. The summed E-state index contributed by atoms with van der Waals surface area (Å²) in [4.78, 5) is 23.8. The summed E-state index contributed by atoms with van der Waals surface area (Å²) < 4.78 is 5.26. The van der Waals surface area contributed by atoms with Crippen LogP contribution >= 0.6 is 0 Å². The molecule has 0 aliphatic carbocycles. The van der Waals surface area contributed by atoms with Gasteiger partial charge in [0.2, 0.25) is 11.8 Å². The standard InChI is InChI=1S/C10H18N2O3/c1-3-5-15-6-4-11-8-7-9(13)12(2)10(8)14/h8,11H,3-7H2,1-2H3. The van der Waals surface area contributed by atoms with Crippen LogP contribution in [-0.4, -0.2) is 49.6 Å². The van der Waals surface area contributed by atoms with Gasteiger partial charge in [-0.3, -0.25) is 14.5 Å². The highest BCUT2D eigenvalue weighted by Gasteiger charge is 2.35. The quantitative estimate of drug-likeness (QED) is 0.490. The first-order valence-electron chi connectivity index (χ1n) is 5.28. The lowest BCUT2D eigenvalue weighted by molar-refractivity contribution is -0.137. The molecule has 1 N–H and O–H groups in total. The van der Waals surface area contributed by atoms with Crippen molar-refractivity contribution in [3.05, 3.63) is 0 Å². The molecule has 1 aliphatic heterocycles. The van der Waals surface area contributed by atoms with Crippen LogP contribution in [0.25, 0.3) is 0 Å². The van der Waals surface area contributed by atoms with Crippen LogP contribution in [0.1, 0.15) is 19.8 Å². The molecule has 1 rings (SSSR count). The molecule has 0 saturated carbocycles. The summed E-state index contributed by atoms with van der Waals surface area (Å²) in [5.74, 6) is -0.262. The van der Waals surface area contributed by atoms with Crippen molar-refractivity contribution >= 4 is 11.8 Å². The first-order chi connectivity index (χ1) is 7.16. The lowest BCUT2D eigenvalue weighted by Crippen LogP contribution is -2.38. The zero-order chi connectivity index (χ0) is 11.3. The van der Waals surface area contributed by atoms with Crippen LogP contribution in [0.2, 0.25) is 0 Å². The van der Waals surface area contributed by atoms with Gasteiger partial charge in [0.15, 0.2) is 0 Å². The SMILES string of the molecule is CCCOCCNC1CC(=O)N(C)C1=O. The van der Waals surface area contributed by atoms with Crippen LogP contribution in [0.4, 0.5) is 0 Å². The van der Waals surface area contributed by atoms with Crippen LogP contribution in [0.3, 0.4) is 0 Å². The molecule has 5 heteroatoms. The van der Waals surface area contributed by atoms with Crippen molar-refractivity contribution in [3.63, 3.8) is 0 Å². The molecule has 0 aromatic carbocycles. The summed E-state index contributed by atoms with van der Waals surface area (Å²) in [6.45, 7) is 3.97. The third kappa shape index (κ3) is 3.28. The van der Waals surface area contributed by atoms with Crippen LogP contribution in [0, 0.1) is 0 Å². The molecule has 0 bridgehead atoms. The number of ether oxygens (including phenoxy) is 1. The van der Waals surface area contributed by atoms with Crippen LogP contribution in [0.15, 0.2) is 0 Å². The van der Waals surface area contributed by atoms with E-state index in [0.717, 1.165) is 13.0 Å². The number of rotatable bonds is 6. The fourth-order valence-electron chi connectivity index (χ4n) is 1.47. The van der Waals surface area contributed by atoms with Gasteiger partial charge in [-0.15, -0.1) is 0 Å². The highest BCUT2D eigenvalue weighted by atomic mass is 16.5. The van der Waals surface area contributed by atoms with Crippen molar-refractivity contribution in [2.24, 2.45) is 0 Å². The van der Waals surface area contributed by atoms with Gasteiger partial charge in [-0.2, -0.15) is 0 Å². The highest BCUT2D eigenvalue weighted by molar-refractivity contribution is 6.05. The number of carbonyl (C=O) groups excluding carboxylic acids is 2. The Hall–Kier alpha value is -0.940. The van der Waals surface area contributed by atoms with Crippen molar-refractivity contribution in [1.82, 2.24) is 10.2 Å². The maximum Gasteiger partial charge on any atom is 0.246 e. The van der Waals surface area contributed by atoms with Crippen molar-refractivity contribution in [2.75, 3.05) is 26.8 Å². The summed E-state index contributed by atoms with van der Waals surface area (Å²) in [7, 11) is 1.51. The predicted molar refractivity (Wildman–Crippen MR) is 55.3 cm³/mol. The minimum atomic E-state index is -0.354. The number of hydrogen-bond donors (Lipinski definition) is 1. The summed E-state index contributed by atoms with van der Waals surface area (Å²) in [6.07, 6.45) is 1.26. The fraction of sp³-hybridized carbons (Fsp3) is 0.800. The van der Waals surface area contributed by atoms with Crippen molar-refractivity contribution in [1.29, 1.82) is 0 Å². The number of amides is 2. The summed E-state index contributed by atoms with van der Waals surface area (Å²) in [5, 5.41) is 3.01. The zero-order valence-electron chi connectivity index (χ0n) is 9.28. The Bertz CT molecular complexity index is 243. The molecule has 0 spiro atoms. The van der Waals surface area contributed by atoms with Gasteiger partial charge < -0.3 is 10.1 Å². The number of hydrogen-bond acceptors (Lipinski definition) is 4. The van der Waals surface area contributed by atoms with Gasteiger partial charge in [-0.25, -0.2) is 0 Å². The monoisotopic (exact) mass is 214 g/mol. The molecule has 1 atom stereocenters. The summed E-state index contributed by atoms with van der Waals surface area (Å²) >= 11 is 0. The van der Waals surface area contributed by atoms with E-state index in [1.165, 1.54) is 11.9 Å². The summed E-state index contributed by atoms with van der Waals surface area (Å²) in [6, 6.07) is -0.354. The van der Waals surface area contributed by atoms with Crippen molar-refractivity contribution < 1.29 is 14.3 Å². The van der Waals surface area contributed by atoms with E-state index >= 15 is 0 Å². The third-order valence-electron chi connectivity index (χ3n) is 2.37. The van der Waals surface area contributed by atoms with E-state index in [1.807, 2.05) is 6.92 Å². The number of carbonyl (C=O) groups is 2. The average molecular weight is 214 g/mol. The van der Waals surface area contributed by atoms with Gasteiger partial charge in [0.05, 0.1) is 19.1 Å². The van der Waals surface area contributed by atoms with Gasteiger partial charge in [-0.1, -0.05) is 6.92 Å². The Balaban J connectivity index is 2.17. The van der Waals surface area contributed by atoms with Crippen molar-refractivity contribution in [2.45, 2.75) is 25.8 Å². The van der Waals surface area contributed by atoms with E-state index in [4.69, 9.17) is 4.74 Å². The lowest BCUT2D eigenvalue weighted by atomic mass is 10.2. The fourth-order valence-corrected chi connectivity index (χ4v) is 1.47. The minimum absolute atomic E-state index is 0.119. The second-order valence-corrected chi connectivity index (χ2v) is 3.61. The molecular weight excluding hydrogens is 196 g/mol. The molecule has 1 aliphatic rings. The number of nitrogens with one attached hydrogen (secondary N) is 1. The molecule has 2 amide bonds. The number of nitrogens with zero attached hydrogens (tertiary/aromatic N) is 1. The molecule has 1 saturated heterocycles. The molecule has 5 nitrogen and oxygen atoms in total.